The van der Waals surface area contributed by atoms with Gasteiger partial charge in [0.05, 0.1) is 12.2 Å². The van der Waals surface area contributed by atoms with Gasteiger partial charge in [-0.3, -0.25) is 0 Å². The lowest BCUT2D eigenvalue weighted by molar-refractivity contribution is -0.0371. The molecule has 0 aliphatic carbocycles. The molecule has 2 rings (SSSR count). The lowest BCUT2D eigenvalue weighted by Gasteiger charge is -2.27. The monoisotopic (exact) mass is 289 g/mol. The summed E-state index contributed by atoms with van der Waals surface area (Å²) in [6, 6.07) is 15.7. The highest BCUT2D eigenvalue weighted by molar-refractivity contribution is 5.21. The molecule has 0 amide bonds. The van der Waals surface area contributed by atoms with Crippen LogP contribution < -0.4 is 5.73 Å². The van der Waals surface area contributed by atoms with Gasteiger partial charge in [-0.25, -0.2) is 4.39 Å². The largest absolute Gasteiger partial charge is 0.385 e. The van der Waals surface area contributed by atoms with Crippen LogP contribution in [-0.2, 0) is 16.9 Å². The van der Waals surface area contributed by atoms with Crippen molar-refractivity contribution in [3.8, 4) is 0 Å². The van der Waals surface area contributed by atoms with Crippen molar-refractivity contribution in [3.05, 3.63) is 71.5 Å². The number of hydrogen-bond acceptors (Lipinski definition) is 3. The molecule has 3 nitrogen and oxygen atoms in total. The van der Waals surface area contributed by atoms with Gasteiger partial charge in [0.2, 0.25) is 0 Å². The van der Waals surface area contributed by atoms with E-state index in [1.807, 2.05) is 30.3 Å². The fourth-order valence-electron chi connectivity index (χ4n) is 2.18. The number of aliphatic hydroxyl groups is 1. The zero-order valence-corrected chi connectivity index (χ0v) is 12.0. The minimum absolute atomic E-state index is 0.0821. The molecule has 0 bridgehead atoms. The van der Waals surface area contributed by atoms with E-state index >= 15 is 0 Å². The first-order valence-corrected chi connectivity index (χ1v) is 6.87. The summed E-state index contributed by atoms with van der Waals surface area (Å²) in [6.45, 7) is 1.77. The van der Waals surface area contributed by atoms with Crippen molar-refractivity contribution >= 4 is 0 Å². The van der Waals surface area contributed by atoms with E-state index in [9.17, 15) is 9.50 Å². The van der Waals surface area contributed by atoms with E-state index < -0.39 is 11.8 Å². The molecule has 2 aromatic rings. The van der Waals surface area contributed by atoms with Gasteiger partial charge >= 0.3 is 0 Å². The van der Waals surface area contributed by atoms with Gasteiger partial charge in [-0.1, -0.05) is 48.5 Å². The first-order chi connectivity index (χ1) is 9.99. The van der Waals surface area contributed by atoms with E-state index in [0.717, 1.165) is 5.56 Å². The summed E-state index contributed by atoms with van der Waals surface area (Å²) in [7, 11) is 0. The van der Waals surface area contributed by atoms with Crippen molar-refractivity contribution in [2.75, 3.05) is 0 Å². The zero-order valence-electron chi connectivity index (χ0n) is 12.0. The first-order valence-electron chi connectivity index (χ1n) is 6.87. The summed E-state index contributed by atoms with van der Waals surface area (Å²) < 4.78 is 18.9. The Morgan fingerprint density at radius 1 is 1.14 bits per heavy atom. The molecule has 0 aliphatic rings. The molecule has 2 aromatic carbocycles. The van der Waals surface area contributed by atoms with E-state index in [1.54, 1.807) is 25.1 Å². The average molecular weight is 289 g/mol. The van der Waals surface area contributed by atoms with Gasteiger partial charge in [-0.05, 0) is 18.6 Å². The minimum atomic E-state index is -1.09. The lowest BCUT2D eigenvalue weighted by Crippen LogP contribution is -2.34. The molecular weight excluding hydrogens is 269 g/mol. The fourth-order valence-corrected chi connectivity index (χ4v) is 2.18. The van der Waals surface area contributed by atoms with Gasteiger partial charge in [-0.15, -0.1) is 0 Å². The molecule has 21 heavy (non-hydrogen) atoms. The van der Waals surface area contributed by atoms with Gasteiger partial charge < -0.3 is 15.6 Å². The highest BCUT2D eigenvalue weighted by Crippen LogP contribution is 2.25. The van der Waals surface area contributed by atoms with Crippen LogP contribution in [0.3, 0.4) is 0 Å². The summed E-state index contributed by atoms with van der Waals surface area (Å²) in [5, 5.41) is 10.5. The molecule has 2 atom stereocenters. The molecule has 0 spiro atoms. The van der Waals surface area contributed by atoms with Crippen molar-refractivity contribution in [3.63, 3.8) is 0 Å². The van der Waals surface area contributed by atoms with Crippen LogP contribution in [0.5, 0.6) is 0 Å². The van der Waals surface area contributed by atoms with Crippen LogP contribution in [-0.4, -0.2) is 11.3 Å². The van der Waals surface area contributed by atoms with Crippen molar-refractivity contribution in [1.82, 2.24) is 0 Å². The molecule has 0 fully saturated rings. The zero-order chi connectivity index (χ0) is 15.3. The van der Waals surface area contributed by atoms with Crippen molar-refractivity contribution in [1.29, 1.82) is 0 Å². The number of hydrogen-bond donors (Lipinski definition) is 2. The van der Waals surface area contributed by atoms with Crippen LogP contribution in [0.4, 0.5) is 4.39 Å². The van der Waals surface area contributed by atoms with Crippen molar-refractivity contribution < 1.29 is 14.2 Å². The maximum atomic E-state index is 13.5. The Morgan fingerprint density at radius 2 is 1.76 bits per heavy atom. The normalized spacial score (nSPS) is 15.4. The SMILES string of the molecule is CC(O)(CC(N)OCc1ccccc1F)c1ccccc1. The maximum Gasteiger partial charge on any atom is 0.128 e. The Labute approximate surface area is 124 Å². The standard InChI is InChI=1S/C17H20FNO2/c1-17(20,14-8-3-2-4-9-14)11-16(19)21-12-13-7-5-6-10-15(13)18/h2-10,16,20H,11-12,19H2,1H3. The second kappa shape index (κ2) is 6.80. The molecular formula is C17H20FNO2. The van der Waals surface area contributed by atoms with Gasteiger partial charge in [-0.2, -0.15) is 0 Å². The second-order valence-corrected chi connectivity index (χ2v) is 5.28. The Hall–Kier alpha value is -1.75. The molecule has 3 N–H and O–H groups in total. The topological polar surface area (TPSA) is 55.5 Å². The van der Waals surface area contributed by atoms with Crippen LogP contribution in [0.1, 0.15) is 24.5 Å². The third-order valence-corrected chi connectivity index (χ3v) is 3.41. The van der Waals surface area contributed by atoms with E-state index in [0.29, 0.717) is 5.56 Å². The van der Waals surface area contributed by atoms with Gasteiger partial charge in [0.1, 0.15) is 12.0 Å². The number of benzene rings is 2. The van der Waals surface area contributed by atoms with E-state index in [4.69, 9.17) is 10.5 Å². The summed E-state index contributed by atoms with van der Waals surface area (Å²) in [5.41, 5.74) is 6.03. The number of ether oxygens (including phenoxy) is 1. The Balaban J connectivity index is 1.93. The highest BCUT2D eigenvalue weighted by atomic mass is 19.1. The van der Waals surface area contributed by atoms with Gasteiger partial charge in [0.15, 0.2) is 0 Å². The maximum absolute atomic E-state index is 13.5. The molecule has 0 saturated carbocycles. The lowest BCUT2D eigenvalue weighted by atomic mass is 9.92. The minimum Gasteiger partial charge on any atom is -0.385 e. The third kappa shape index (κ3) is 4.36. The number of halogens is 1. The highest BCUT2D eigenvalue weighted by Gasteiger charge is 2.26. The van der Waals surface area contributed by atoms with Gasteiger partial charge in [0, 0.05) is 12.0 Å². The Bertz CT molecular complexity index is 572. The summed E-state index contributed by atoms with van der Waals surface area (Å²) >= 11 is 0. The summed E-state index contributed by atoms with van der Waals surface area (Å²) in [6.07, 6.45) is -0.453. The van der Waals surface area contributed by atoms with Crippen molar-refractivity contribution in [2.45, 2.75) is 31.8 Å². The molecule has 0 heterocycles. The molecule has 0 aromatic heterocycles. The van der Waals surface area contributed by atoms with Crippen LogP contribution in [0.15, 0.2) is 54.6 Å². The van der Waals surface area contributed by atoms with Crippen LogP contribution in [0.2, 0.25) is 0 Å². The quantitative estimate of drug-likeness (QED) is 0.804. The van der Waals surface area contributed by atoms with Crippen molar-refractivity contribution in [2.24, 2.45) is 5.73 Å². The Morgan fingerprint density at radius 3 is 2.43 bits per heavy atom. The van der Waals surface area contributed by atoms with Crippen LogP contribution in [0, 0.1) is 5.82 Å². The predicted octanol–water partition coefficient (Wildman–Crippen LogP) is 2.92. The van der Waals surface area contributed by atoms with Crippen LogP contribution >= 0.6 is 0 Å². The molecule has 0 saturated heterocycles. The summed E-state index contributed by atoms with van der Waals surface area (Å²) in [5.74, 6) is -0.320. The third-order valence-electron chi connectivity index (χ3n) is 3.41. The smallest absolute Gasteiger partial charge is 0.128 e. The average Bonchev–Trinajstić information content (AvgIpc) is 2.47. The summed E-state index contributed by atoms with van der Waals surface area (Å²) in [4.78, 5) is 0. The first kappa shape index (κ1) is 15.6. The van der Waals surface area contributed by atoms with E-state index in [1.165, 1.54) is 6.07 Å². The fraction of sp³-hybridized carbons (Fsp3) is 0.294. The molecule has 0 aliphatic heterocycles. The van der Waals surface area contributed by atoms with E-state index in [-0.39, 0.29) is 18.8 Å². The predicted molar refractivity (Wildman–Crippen MR) is 79.8 cm³/mol. The van der Waals surface area contributed by atoms with E-state index in [2.05, 4.69) is 0 Å². The second-order valence-electron chi connectivity index (χ2n) is 5.28. The van der Waals surface area contributed by atoms with Crippen LogP contribution in [0.25, 0.3) is 0 Å². The number of nitrogens with two attached hydrogens (primary N) is 1. The molecule has 112 valence electrons. The molecule has 0 radical (unpaired) electrons. The number of rotatable bonds is 6. The Kier molecular flexibility index (Phi) is 5.07. The molecule has 4 heteroatoms. The van der Waals surface area contributed by atoms with Gasteiger partial charge in [0.25, 0.3) is 0 Å². The molecule has 2 unspecified atom stereocenters.